The molecule has 0 heterocycles. The van der Waals surface area contributed by atoms with Gasteiger partial charge in [0, 0.05) is 6.04 Å². The zero-order valence-electron chi connectivity index (χ0n) is 12.5. The Morgan fingerprint density at radius 3 is 2.55 bits per heavy atom. The van der Waals surface area contributed by atoms with Gasteiger partial charge in [-0.05, 0) is 50.2 Å². The first-order chi connectivity index (χ1) is 9.72. The van der Waals surface area contributed by atoms with E-state index in [4.69, 9.17) is 4.74 Å². The van der Waals surface area contributed by atoms with Gasteiger partial charge in [-0.3, -0.25) is 0 Å². The van der Waals surface area contributed by atoms with Crippen LogP contribution in [-0.2, 0) is 6.42 Å². The van der Waals surface area contributed by atoms with E-state index in [0.29, 0.717) is 6.04 Å². The van der Waals surface area contributed by atoms with E-state index in [0.717, 1.165) is 18.6 Å². The summed E-state index contributed by atoms with van der Waals surface area (Å²) in [5.74, 6) is 0.929. The first-order valence-electron chi connectivity index (χ1n) is 6.96. The molecule has 0 aromatic heterocycles. The zero-order chi connectivity index (χ0) is 14.4. The second-order valence-electron chi connectivity index (χ2n) is 5.17. The lowest BCUT2D eigenvalue weighted by Gasteiger charge is -2.25. The number of methoxy groups -OCH3 is 1. The molecule has 0 aliphatic heterocycles. The van der Waals surface area contributed by atoms with Gasteiger partial charge < -0.3 is 9.64 Å². The van der Waals surface area contributed by atoms with Gasteiger partial charge in [0.15, 0.2) is 0 Å². The molecule has 0 fully saturated rings. The number of ether oxygens (including phenoxy) is 1. The summed E-state index contributed by atoms with van der Waals surface area (Å²) in [5, 5.41) is 0. The molecule has 0 saturated heterocycles. The van der Waals surface area contributed by atoms with Crippen molar-refractivity contribution in [3.8, 4) is 5.75 Å². The molecule has 2 aromatic rings. The summed E-state index contributed by atoms with van der Waals surface area (Å²) < 4.78 is 5.40. The van der Waals surface area contributed by atoms with Crippen LogP contribution < -0.4 is 4.74 Å². The van der Waals surface area contributed by atoms with Crippen LogP contribution in [0.4, 0.5) is 0 Å². The minimum atomic E-state index is 0.421. The van der Waals surface area contributed by atoms with Crippen molar-refractivity contribution < 1.29 is 4.74 Å². The van der Waals surface area contributed by atoms with Gasteiger partial charge in [0.1, 0.15) is 5.75 Å². The van der Waals surface area contributed by atoms with Gasteiger partial charge in [0.2, 0.25) is 0 Å². The van der Waals surface area contributed by atoms with E-state index < -0.39 is 0 Å². The monoisotopic (exact) mass is 268 g/mol. The fourth-order valence-electron chi connectivity index (χ4n) is 2.53. The molecule has 0 bridgehead atoms. The third-order valence-corrected chi connectivity index (χ3v) is 3.63. The Hall–Kier alpha value is -1.80. The summed E-state index contributed by atoms with van der Waals surface area (Å²) in [6.07, 6.45) is 2.06. The number of hydrogen-bond acceptors (Lipinski definition) is 2. The quantitative estimate of drug-likeness (QED) is 0.791. The lowest BCUT2D eigenvalue weighted by Crippen LogP contribution is -2.20. The Morgan fingerprint density at radius 2 is 1.90 bits per heavy atom. The lowest BCUT2D eigenvalue weighted by molar-refractivity contribution is 0.283. The van der Waals surface area contributed by atoms with Crippen LogP contribution in [0.3, 0.4) is 0 Å². The molecule has 20 heavy (non-hydrogen) atoms. The zero-order valence-corrected chi connectivity index (χ0v) is 12.5. The van der Waals surface area contributed by atoms with Gasteiger partial charge in [0.05, 0.1) is 7.11 Å². The molecule has 0 amide bonds. The van der Waals surface area contributed by atoms with Crippen LogP contribution in [0.5, 0.6) is 5.75 Å². The summed E-state index contributed by atoms with van der Waals surface area (Å²) in [5.41, 5.74) is 2.60. The predicted molar refractivity (Wildman–Crippen MR) is 83.0 cm³/mol. The highest BCUT2D eigenvalue weighted by molar-refractivity contribution is 5.33. The number of aryl methyl sites for hydroxylation is 1. The van der Waals surface area contributed by atoms with Crippen LogP contribution in [0.15, 0.2) is 48.5 Å². The normalized spacial score (nSPS) is 12.4. The fraction of sp³-hybridized carbons (Fsp3) is 0.333. The maximum Gasteiger partial charge on any atom is 0.122 e. The number of nitrogens with zero attached hydrogens (tertiary/aromatic N) is 1. The highest BCUT2D eigenvalue weighted by Gasteiger charge is 2.14. The molecule has 0 spiro atoms. The van der Waals surface area contributed by atoms with E-state index in [2.05, 4.69) is 61.5 Å². The summed E-state index contributed by atoms with van der Waals surface area (Å²) in [6, 6.07) is 20.1. The SMILES string of the molecule is COc1c[c]ccc1CC[C@@H](c1ccccc1)N(C)C. The molecule has 0 aliphatic rings. The van der Waals surface area contributed by atoms with Crippen LogP contribution in [0.1, 0.15) is 23.6 Å². The second-order valence-corrected chi connectivity index (χ2v) is 5.17. The molecule has 2 heteroatoms. The van der Waals surface area contributed by atoms with Crippen molar-refractivity contribution in [1.82, 2.24) is 4.90 Å². The topological polar surface area (TPSA) is 12.5 Å². The number of hydrogen-bond donors (Lipinski definition) is 0. The number of rotatable bonds is 6. The largest absolute Gasteiger partial charge is 0.496 e. The van der Waals surface area contributed by atoms with E-state index >= 15 is 0 Å². The predicted octanol–water partition coefficient (Wildman–Crippen LogP) is 3.73. The third kappa shape index (κ3) is 3.61. The van der Waals surface area contributed by atoms with Gasteiger partial charge in [-0.2, -0.15) is 0 Å². The van der Waals surface area contributed by atoms with E-state index in [9.17, 15) is 0 Å². The van der Waals surface area contributed by atoms with Crippen LogP contribution in [0, 0.1) is 6.07 Å². The van der Waals surface area contributed by atoms with Gasteiger partial charge in [-0.25, -0.2) is 0 Å². The van der Waals surface area contributed by atoms with Gasteiger partial charge in [0.25, 0.3) is 0 Å². The van der Waals surface area contributed by atoms with Crippen molar-refractivity contribution in [2.45, 2.75) is 18.9 Å². The summed E-state index contributed by atoms with van der Waals surface area (Å²) in [6.45, 7) is 0. The van der Waals surface area contributed by atoms with Crippen LogP contribution >= 0.6 is 0 Å². The molecule has 0 saturated carbocycles. The third-order valence-electron chi connectivity index (χ3n) is 3.63. The van der Waals surface area contributed by atoms with Crippen molar-refractivity contribution in [1.29, 1.82) is 0 Å². The Morgan fingerprint density at radius 1 is 1.15 bits per heavy atom. The molecule has 0 N–H and O–H groups in total. The molecule has 0 aliphatic carbocycles. The van der Waals surface area contributed by atoms with E-state index in [-0.39, 0.29) is 0 Å². The van der Waals surface area contributed by atoms with Crippen molar-refractivity contribution in [3.63, 3.8) is 0 Å². The Bertz CT molecular complexity index is 522. The van der Waals surface area contributed by atoms with Gasteiger partial charge in [-0.15, -0.1) is 0 Å². The Kier molecular flexibility index (Phi) is 5.19. The molecule has 2 rings (SSSR count). The second kappa shape index (κ2) is 7.11. The molecule has 1 radical (unpaired) electrons. The first kappa shape index (κ1) is 14.6. The van der Waals surface area contributed by atoms with Crippen LogP contribution in [-0.4, -0.2) is 26.1 Å². The molecule has 2 nitrogen and oxygen atoms in total. The maximum atomic E-state index is 5.40. The number of benzene rings is 2. The van der Waals surface area contributed by atoms with Crippen LogP contribution in [0.25, 0.3) is 0 Å². The molecule has 0 unspecified atom stereocenters. The van der Waals surface area contributed by atoms with Gasteiger partial charge in [-0.1, -0.05) is 42.5 Å². The highest BCUT2D eigenvalue weighted by atomic mass is 16.5. The van der Waals surface area contributed by atoms with E-state index in [1.54, 1.807) is 7.11 Å². The van der Waals surface area contributed by atoms with Crippen LogP contribution in [0.2, 0.25) is 0 Å². The summed E-state index contributed by atoms with van der Waals surface area (Å²) in [4.78, 5) is 2.27. The molecule has 105 valence electrons. The summed E-state index contributed by atoms with van der Waals surface area (Å²) >= 11 is 0. The van der Waals surface area contributed by atoms with Crippen molar-refractivity contribution in [2.24, 2.45) is 0 Å². The van der Waals surface area contributed by atoms with E-state index in [1.807, 2.05) is 12.1 Å². The smallest absolute Gasteiger partial charge is 0.122 e. The highest BCUT2D eigenvalue weighted by Crippen LogP contribution is 2.26. The average Bonchev–Trinajstić information content (AvgIpc) is 2.48. The Labute approximate surface area is 122 Å². The molecule has 1 atom stereocenters. The van der Waals surface area contributed by atoms with Crippen molar-refractivity contribution >= 4 is 0 Å². The first-order valence-corrected chi connectivity index (χ1v) is 6.96. The van der Waals surface area contributed by atoms with Crippen molar-refractivity contribution in [3.05, 3.63) is 65.7 Å². The van der Waals surface area contributed by atoms with Gasteiger partial charge >= 0.3 is 0 Å². The minimum absolute atomic E-state index is 0.421. The average molecular weight is 268 g/mol. The lowest BCUT2D eigenvalue weighted by atomic mass is 9.98. The van der Waals surface area contributed by atoms with E-state index in [1.165, 1.54) is 11.1 Å². The Balaban J connectivity index is 2.10. The minimum Gasteiger partial charge on any atom is -0.496 e. The molecule has 2 aromatic carbocycles. The molecular formula is C18H22NO. The molecular weight excluding hydrogens is 246 g/mol. The maximum absolute atomic E-state index is 5.40. The standard InChI is InChI=1S/C18H22NO/c1-19(2)17(15-9-5-4-6-10-15)14-13-16-11-7-8-12-18(16)20-3/h4-7,9-12,17H,13-14H2,1-3H3/t17-/m0/s1. The fourth-order valence-corrected chi connectivity index (χ4v) is 2.53. The summed E-state index contributed by atoms with van der Waals surface area (Å²) in [7, 11) is 5.98. The van der Waals surface area contributed by atoms with Crippen molar-refractivity contribution in [2.75, 3.05) is 21.2 Å².